The highest BCUT2D eigenvalue weighted by Gasteiger charge is 2.48. The summed E-state index contributed by atoms with van der Waals surface area (Å²) in [6.45, 7) is 24.9. The summed E-state index contributed by atoms with van der Waals surface area (Å²) in [7, 11) is -3.28. The lowest BCUT2D eigenvalue weighted by atomic mass is 10.1. The molecule has 0 amide bonds. The molecular formula is C21H46O3Si2. The average Bonchev–Trinajstić information content (AvgIpc) is 3.36. The van der Waals surface area contributed by atoms with Crippen molar-refractivity contribution < 1.29 is 13.6 Å². The minimum absolute atomic E-state index is 0.290. The zero-order valence-corrected chi connectivity index (χ0v) is 21.2. The van der Waals surface area contributed by atoms with E-state index >= 15 is 0 Å². The van der Waals surface area contributed by atoms with E-state index in [4.69, 9.17) is 13.6 Å². The fraction of sp³-hybridized carbons (Fsp3) is 1.00. The van der Waals surface area contributed by atoms with Crippen LogP contribution in [0.25, 0.3) is 0 Å². The minimum atomic E-state index is -1.78. The van der Waals surface area contributed by atoms with Gasteiger partial charge in [-0.2, -0.15) is 0 Å². The molecule has 26 heavy (non-hydrogen) atoms. The lowest BCUT2D eigenvalue weighted by molar-refractivity contribution is 0.199. The van der Waals surface area contributed by atoms with Gasteiger partial charge >= 0.3 is 0 Å². The van der Waals surface area contributed by atoms with E-state index in [1.165, 1.54) is 18.1 Å². The predicted molar refractivity (Wildman–Crippen MR) is 118 cm³/mol. The summed E-state index contributed by atoms with van der Waals surface area (Å²) in [5.41, 5.74) is 1.91. The van der Waals surface area contributed by atoms with Crippen molar-refractivity contribution in [3.63, 3.8) is 0 Å². The van der Waals surface area contributed by atoms with Crippen molar-refractivity contribution in [2.45, 2.75) is 116 Å². The second kappa shape index (κ2) is 10.2. The van der Waals surface area contributed by atoms with Gasteiger partial charge in [-0.05, 0) is 34.8 Å². The molecule has 156 valence electrons. The molecule has 0 aliphatic carbocycles. The Labute approximate surface area is 165 Å². The third kappa shape index (κ3) is 5.43. The molecule has 1 heterocycles. The fourth-order valence-electron chi connectivity index (χ4n) is 4.98. The van der Waals surface area contributed by atoms with Crippen LogP contribution in [0.5, 0.6) is 0 Å². The zero-order valence-electron chi connectivity index (χ0n) is 19.2. The molecule has 0 saturated carbocycles. The summed E-state index contributed by atoms with van der Waals surface area (Å²) in [6, 6.07) is 3.63. The molecule has 0 aromatic rings. The van der Waals surface area contributed by atoms with Gasteiger partial charge in [0.05, 0.1) is 12.7 Å². The van der Waals surface area contributed by atoms with E-state index < -0.39 is 16.6 Å². The summed E-state index contributed by atoms with van der Waals surface area (Å²) in [5, 5.41) is 0. The van der Waals surface area contributed by atoms with Gasteiger partial charge in [0.15, 0.2) is 16.6 Å². The van der Waals surface area contributed by atoms with E-state index in [9.17, 15) is 0 Å². The van der Waals surface area contributed by atoms with Gasteiger partial charge in [-0.25, -0.2) is 0 Å². The number of rotatable bonds is 13. The molecule has 3 atom stereocenters. The van der Waals surface area contributed by atoms with Crippen LogP contribution >= 0.6 is 0 Å². The van der Waals surface area contributed by atoms with Crippen LogP contribution in [-0.2, 0) is 13.6 Å². The molecule has 0 spiro atoms. The maximum Gasteiger partial charge on any atom is 0.200 e. The SMILES string of the molecule is CC[Si](CC)(CC)OC[C@H]1O[C@@H]1[C@H](C)CO[Si](C(C)C)(C(C)C)C(C)C. The third-order valence-corrected chi connectivity index (χ3v) is 17.7. The van der Waals surface area contributed by atoms with Crippen LogP contribution in [0.15, 0.2) is 0 Å². The monoisotopic (exact) mass is 402 g/mol. The van der Waals surface area contributed by atoms with Crippen LogP contribution in [0.1, 0.15) is 69.2 Å². The minimum Gasteiger partial charge on any atom is -0.416 e. The highest BCUT2D eigenvalue weighted by molar-refractivity contribution is 6.77. The molecule has 1 rings (SSSR count). The molecular weight excluding hydrogens is 356 g/mol. The van der Waals surface area contributed by atoms with Crippen LogP contribution in [0.2, 0.25) is 34.8 Å². The van der Waals surface area contributed by atoms with Crippen LogP contribution in [0.3, 0.4) is 0 Å². The molecule has 0 unspecified atom stereocenters. The standard InChI is InChI=1S/C21H46O3Si2/c1-11-25(12-2,13-3)22-15-20-21(24-20)19(10)14-23-26(16(4)5,17(6)7)18(8)9/h16-21H,11-15H2,1-10H3/t19-,20-,21-/m1/s1. The van der Waals surface area contributed by atoms with Gasteiger partial charge in [0.2, 0.25) is 0 Å². The predicted octanol–water partition coefficient (Wildman–Crippen LogP) is 6.60. The Morgan fingerprint density at radius 1 is 0.769 bits per heavy atom. The largest absolute Gasteiger partial charge is 0.416 e. The molecule has 0 aromatic heterocycles. The van der Waals surface area contributed by atoms with E-state index in [-0.39, 0.29) is 0 Å². The molecule has 1 aliphatic rings. The van der Waals surface area contributed by atoms with Crippen molar-refractivity contribution in [2.75, 3.05) is 13.2 Å². The highest BCUT2D eigenvalue weighted by Crippen LogP contribution is 2.43. The van der Waals surface area contributed by atoms with Gasteiger partial charge in [-0.15, -0.1) is 0 Å². The van der Waals surface area contributed by atoms with Gasteiger partial charge in [0, 0.05) is 12.5 Å². The first-order valence-corrected chi connectivity index (χ1v) is 15.7. The first kappa shape index (κ1) is 24.4. The van der Waals surface area contributed by atoms with Crippen LogP contribution in [0.4, 0.5) is 0 Å². The average molecular weight is 403 g/mol. The summed E-state index contributed by atoms with van der Waals surface area (Å²) >= 11 is 0. The van der Waals surface area contributed by atoms with Crippen molar-refractivity contribution in [1.82, 2.24) is 0 Å². The second-order valence-corrected chi connectivity index (χ2v) is 19.5. The first-order valence-electron chi connectivity index (χ1n) is 11.0. The van der Waals surface area contributed by atoms with Crippen molar-refractivity contribution in [3.8, 4) is 0 Å². The van der Waals surface area contributed by atoms with E-state index in [2.05, 4.69) is 69.2 Å². The fourth-order valence-corrected chi connectivity index (χ4v) is 13.2. The van der Waals surface area contributed by atoms with Gasteiger partial charge < -0.3 is 13.6 Å². The smallest absolute Gasteiger partial charge is 0.200 e. The van der Waals surface area contributed by atoms with E-state index in [1.807, 2.05) is 0 Å². The number of hydrogen-bond donors (Lipinski definition) is 0. The third-order valence-electron chi connectivity index (χ3n) is 6.97. The molecule has 1 saturated heterocycles. The number of ether oxygens (including phenoxy) is 1. The molecule has 0 bridgehead atoms. The Morgan fingerprint density at radius 2 is 1.23 bits per heavy atom. The lowest BCUT2D eigenvalue weighted by Crippen LogP contribution is -2.48. The van der Waals surface area contributed by atoms with Gasteiger partial charge in [-0.1, -0.05) is 69.2 Å². The van der Waals surface area contributed by atoms with E-state index in [0.717, 1.165) is 13.2 Å². The summed E-state index contributed by atoms with van der Waals surface area (Å²) in [5.74, 6) is 0.452. The Bertz CT molecular complexity index is 378. The second-order valence-electron chi connectivity index (χ2n) is 9.30. The number of hydrogen-bond acceptors (Lipinski definition) is 3. The van der Waals surface area contributed by atoms with Crippen LogP contribution in [0, 0.1) is 5.92 Å². The highest BCUT2D eigenvalue weighted by atomic mass is 28.4. The Hall–Kier alpha value is 0.314. The van der Waals surface area contributed by atoms with Crippen molar-refractivity contribution in [1.29, 1.82) is 0 Å². The van der Waals surface area contributed by atoms with Gasteiger partial charge in [0.1, 0.15) is 6.10 Å². The van der Waals surface area contributed by atoms with E-state index in [1.54, 1.807) is 0 Å². The Kier molecular flexibility index (Phi) is 9.55. The van der Waals surface area contributed by atoms with Crippen molar-refractivity contribution in [2.24, 2.45) is 5.92 Å². The molecule has 0 radical (unpaired) electrons. The topological polar surface area (TPSA) is 31.0 Å². The Balaban J connectivity index is 2.56. The summed E-state index contributed by atoms with van der Waals surface area (Å²) in [4.78, 5) is 0. The molecule has 1 aliphatic heterocycles. The normalized spacial score (nSPS) is 22.5. The van der Waals surface area contributed by atoms with Crippen molar-refractivity contribution in [3.05, 3.63) is 0 Å². The summed E-state index contributed by atoms with van der Waals surface area (Å²) < 4.78 is 19.2. The molecule has 3 nitrogen and oxygen atoms in total. The molecule has 0 aromatic carbocycles. The summed E-state index contributed by atoms with van der Waals surface area (Å²) in [6.07, 6.45) is 0.615. The maximum absolute atomic E-state index is 6.76. The van der Waals surface area contributed by atoms with Gasteiger partial charge in [-0.3, -0.25) is 0 Å². The zero-order chi connectivity index (χ0) is 20.1. The van der Waals surface area contributed by atoms with Crippen LogP contribution in [-0.4, -0.2) is 42.1 Å². The molecule has 5 heteroatoms. The molecule has 1 fully saturated rings. The molecule has 0 N–H and O–H groups in total. The van der Waals surface area contributed by atoms with E-state index in [0.29, 0.717) is 34.7 Å². The number of epoxide rings is 1. The van der Waals surface area contributed by atoms with Crippen molar-refractivity contribution >= 4 is 16.6 Å². The lowest BCUT2D eigenvalue weighted by Gasteiger charge is -2.42. The van der Waals surface area contributed by atoms with Gasteiger partial charge in [0.25, 0.3) is 0 Å². The van der Waals surface area contributed by atoms with Crippen LogP contribution < -0.4 is 0 Å². The Morgan fingerprint density at radius 3 is 1.62 bits per heavy atom. The first-order chi connectivity index (χ1) is 12.1. The maximum atomic E-state index is 6.76. The quantitative estimate of drug-likeness (QED) is 0.257.